The van der Waals surface area contributed by atoms with Gasteiger partial charge in [-0.25, -0.2) is 4.79 Å². The number of carbonyl (C=O) groups is 2. The molecule has 0 bridgehead atoms. The zero-order valence-corrected chi connectivity index (χ0v) is 13.8. The molecule has 0 spiro atoms. The second kappa shape index (κ2) is 10.8. The van der Waals surface area contributed by atoms with Crippen LogP contribution in [0.2, 0.25) is 0 Å². The molecule has 1 fully saturated rings. The molecule has 5 nitrogen and oxygen atoms in total. The molecule has 21 heavy (non-hydrogen) atoms. The smallest absolute Gasteiger partial charge is 0.317 e. The molecule has 1 saturated heterocycles. The van der Waals surface area contributed by atoms with Crippen LogP contribution in [0.1, 0.15) is 44.9 Å². The molecule has 0 aliphatic carbocycles. The van der Waals surface area contributed by atoms with E-state index in [1.54, 1.807) is 0 Å². The van der Waals surface area contributed by atoms with E-state index in [1.165, 1.54) is 25.0 Å². The first kappa shape index (κ1) is 18.1. The number of carboxylic acid groups (broad SMARTS) is 1. The van der Waals surface area contributed by atoms with Crippen molar-refractivity contribution in [3.05, 3.63) is 0 Å². The highest BCUT2D eigenvalue weighted by Gasteiger charge is 2.23. The highest BCUT2D eigenvalue weighted by molar-refractivity contribution is 7.98. The van der Waals surface area contributed by atoms with E-state index in [2.05, 4.69) is 11.6 Å². The topological polar surface area (TPSA) is 69.6 Å². The number of unbranched alkanes of at least 4 members (excludes halogenated alkanes) is 3. The summed E-state index contributed by atoms with van der Waals surface area (Å²) in [4.78, 5) is 24.4. The number of hydrogen-bond acceptors (Lipinski definition) is 3. The highest BCUT2D eigenvalue weighted by atomic mass is 32.2. The van der Waals surface area contributed by atoms with Crippen molar-refractivity contribution in [1.29, 1.82) is 0 Å². The fourth-order valence-corrected chi connectivity index (χ4v) is 3.11. The van der Waals surface area contributed by atoms with Crippen molar-refractivity contribution in [1.82, 2.24) is 10.2 Å². The van der Waals surface area contributed by atoms with Gasteiger partial charge in [0.05, 0.1) is 0 Å². The third-order valence-corrected chi connectivity index (χ3v) is 4.61. The summed E-state index contributed by atoms with van der Waals surface area (Å²) >= 11 is 1.88. The zero-order chi connectivity index (χ0) is 15.5. The lowest BCUT2D eigenvalue weighted by atomic mass is 9.94. The van der Waals surface area contributed by atoms with Gasteiger partial charge in [0.25, 0.3) is 0 Å². The van der Waals surface area contributed by atoms with Crippen LogP contribution in [0.25, 0.3) is 0 Å². The standard InChI is InChI=1S/C15H28N2O3S/c1-21-11-5-3-2-4-8-16-15(20)17-9-6-13(7-10-17)12-14(18)19/h13H,2-12H2,1H3,(H,16,20)(H,18,19). The molecule has 0 aromatic carbocycles. The number of likely N-dealkylation sites (tertiary alicyclic amines) is 1. The highest BCUT2D eigenvalue weighted by Crippen LogP contribution is 2.20. The molecular weight excluding hydrogens is 288 g/mol. The van der Waals surface area contributed by atoms with Crippen LogP contribution in [0.5, 0.6) is 0 Å². The Morgan fingerprint density at radius 3 is 2.48 bits per heavy atom. The Labute approximate surface area is 131 Å². The fourth-order valence-electron chi connectivity index (χ4n) is 2.62. The second-order valence-corrected chi connectivity index (χ2v) is 6.65. The molecule has 1 aliphatic rings. The number of nitrogens with zero attached hydrogens (tertiary/aromatic N) is 1. The van der Waals surface area contributed by atoms with E-state index >= 15 is 0 Å². The van der Waals surface area contributed by atoms with Crippen LogP contribution in [-0.2, 0) is 4.79 Å². The molecule has 1 aliphatic heterocycles. The maximum atomic E-state index is 12.0. The average molecular weight is 316 g/mol. The number of urea groups is 1. The largest absolute Gasteiger partial charge is 0.481 e. The van der Waals surface area contributed by atoms with Crippen molar-refractivity contribution in [3.63, 3.8) is 0 Å². The Kier molecular flexibility index (Phi) is 9.30. The first-order valence-corrected chi connectivity index (χ1v) is 9.26. The Balaban J connectivity index is 2.04. The molecule has 2 N–H and O–H groups in total. The predicted molar refractivity (Wildman–Crippen MR) is 86.8 cm³/mol. The summed E-state index contributed by atoms with van der Waals surface area (Å²) in [6.07, 6.45) is 8.65. The lowest BCUT2D eigenvalue weighted by Crippen LogP contribution is -2.44. The minimum Gasteiger partial charge on any atom is -0.481 e. The molecule has 0 saturated carbocycles. The summed E-state index contributed by atoms with van der Waals surface area (Å²) < 4.78 is 0. The number of rotatable bonds is 9. The fraction of sp³-hybridized carbons (Fsp3) is 0.867. The summed E-state index contributed by atoms with van der Waals surface area (Å²) in [6.45, 7) is 2.10. The number of thioether (sulfide) groups is 1. The summed E-state index contributed by atoms with van der Waals surface area (Å²) in [7, 11) is 0. The van der Waals surface area contributed by atoms with Gasteiger partial charge in [-0.2, -0.15) is 11.8 Å². The van der Waals surface area contributed by atoms with E-state index in [-0.39, 0.29) is 18.4 Å². The third kappa shape index (κ3) is 8.19. The SMILES string of the molecule is CSCCCCCCNC(=O)N1CCC(CC(=O)O)CC1. The molecule has 0 atom stereocenters. The van der Waals surface area contributed by atoms with Crippen molar-refractivity contribution in [2.24, 2.45) is 5.92 Å². The number of amides is 2. The normalized spacial score (nSPS) is 16.0. The van der Waals surface area contributed by atoms with Crippen molar-refractivity contribution < 1.29 is 14.7 Å². The minimum absolute atomic E-state index is 0.00730. The Hall–Kier alpha value is -0.910. The minimum atomic E-state index is -0.737. The van der Waals surface area contributed by atoms with Gasteiger partial charge in [-0.3, -0.25) is 4.79 Å². The molecule has 0 aromatic rings. The van der Waals surface area contributed by atoms with Gasteiger partial charge in [-0.15, -0.1) is 0 Å². The number of carboxylic acids is 1. The first-order chi connectivity index (χ1) is 10.1. The number of aliphatic carboxylic acids is 1. The van der Waals surface area contributed by atoms with Crippen molar-refractivity contribution in [2.75, 3.05) is 31.6 Å². The molecule has 6 heteroatoms. The van der Waals surface area contributed by atoms with Crippen molar-refractivity contribution in [2.45, 2.75) is 44.9 Å². The summed E-state index contributed by atoms with van der Waals surface area (Å²) in [5.74, 6) is 0.708. The van der Waals surface area contributed by atoms with Gasteiger partial charge >= 0.3 is 12.0 Å². The summed E-state index contributed by atoms with van der Waals surface area (Å²) in [5.41, 5.74) is 0. The molecule has 1 rings (SSSR count). The van der Waals surface area contributed by atoms with Gasteiger partial charge in [0.2, 0.25) is 0 Å². The average Bonchev–Trinajstić information content (AvgIpc) is 2.46. The van der Waals surface area contributed by atoms with Gasteiger partial charge in [-0.05, 0) is 43.6 Å². The molecule has 0 unspecified atom stereocenters. The van der Waals surface area contributed by atoms with Crippen LogP contribution in [0, 0.1) is 5.92 Å². The zero-order valence-electron chi connectivity index (χ0n) is 13.0. The van der Waals surface area contributed by atoms with Gasteiger partial charge in [-0.1, -0.05) is 12.8 Å². The quantitative estimate of drug-likeness (QED) is 0.642. The predicted octanol–water partition coefficient (Wildman–Crippen LogP) is 2.81. The first-order valence-electron chi connectivity index (χ1n) is 7.87. The molecule has 0 radical (unpaired) electrons. The number of hydrogen-bond donors (Lipinski definition) is 2. The van der Waals surface area contributed by atoms with Gasteiger partial charge in [0.1, 0.15) is 0 Å². The van der Waals surface area contributed by atoms with Crippen LogP contribution in [-0.4, -0.2) is 53.6 Å². The second-order valence-electron chi connectivity index (χ2n) is 5.67. The monoisotopic (exact) mass is 316 g/mol. The van der Waals surface area contributed by atoms with Crippen molar-refractivity contribution >= 4 is 23.8 Å². The van der Waals surface area contributed by atoms with Crippen LogP contribution in [0.4, 0.5) is 4.79 Å². The lowest BCUT2D eigenvalue weighted by molar-refractivity contribution is -0.138. The Bertz CT molecular complexity index is 318. The molecule has 122 valence electrons. The maximum Gasteiger partial charge on any atom is 0.317 e. The van der Waals surface area contributed by atoms with Crippen LogP contribution in [0.3, 0.4) is 0 Å². The van der Waals surface area contributed by atoms with Gasteiger partial charge in [0, 0.05) is 26.1 Å². The van der Waals surface area contributed by atoms with Crippen LogP contribution < -0.4 is 5.32 Å². The number of nitrogens with one attached hydrogen (secondary N) is 1. The molecule has 0 aromatic heterocycles. The molecule has 2 amide bonds. The third-order valence-electron chi connectivity index (χ3n) is 3.92. The Morgan fingerprint density at radius 2 is 1.86 bits per heavy atom. The summed E-state index contributed by atoms with van der Waals surface area (Å²) in [6, 6.07) is 0.00730. The van der Waals surface area contributed by atoms with Gasteiger partial charge < -0.3 is 15.3 Å². The lowest BCUT2D eigenvalue weighted by Gasteiger charge is -2.31. The van der Waals surface area contributed by atoms with E-state index in [4.69, 9.17) is 5.11 Å². The van der Waals surface area contributed by atoms with E-state index < -0.39 is 5.97 Å². The number of piperidine rings is 1. The van der Waals surface area contributed by atoms with E-state index in [0.717, 1.165) is 25.8 Å². The van der Waals surface area contributed by atoms with E-state index in [0.29, 0.717) is 13.1 Å². The molecular formula is C15H28N2O3S. The van der Waals surface area contributed by atoms with Crippen molar-refractivity contribution in [3.8, 4) is 0 Å². The van der Waals surface area contributed by atoms with Crippen LogP contribution in [0.15, 0.2) is 0 Å². The van der Waals surface area contributed by atoms with Gasteiger partial charge in [0.15, 0.2) is 0 Å². The Morgan fingerprint density at radius 1 is 1.19 bits per heavy atom. The number of carbonyl (C=O) groups excluding carboxylic acids is 1. The van der Waals surface area contributed by atoms with E-state index in [1.807, 2.05) is 16.7 Å². The maximum absolute atomic E-state index is 12.0. The van der Waals surface area contributed by atoms with Crippen LogP contribution >= 0.6 is 11.8 Å². The molecule has 1 heterocycles. The summed E-state index contributed by atoms with van der Waals surface area (Å²) in [5, 5.41) is 11.7. The van der Waals surface area contributed by atoms with E-state index in [9.17, 15) is 9.59 Å².